The highest BCUT2D eigenvalue weighted by Crippen LogP contribution is 2.19. The Balaban J connectivity index is 1.28. The standard InChI is InChI=1S/C27H40N8O4/c1-26(28)9-13-32(14-10-26)11-7-20-3-5-21(6-4-20)35-12-8-22(31-25(35)39)30-24(38)34-17-15-33(16-18-34)23(37)27(2,29)19-36/h3-6,8,12,36H,7,9-11,13-19,28-29H2,1-2H3,(H,30,31,38,39). The average Bonchev–Trinajstić information content (AvgIpc) is 2.92. The minimum absolute atomic E-state index is 0.0519. The fraction of sp³-hybridized carbons (Fsp3) is 0.556. The zero-order valence-corrected chi connectivity index (χ0v) is 22.8. The molecule has 0 radical (unpaired) electrons. The van der Waals surface area contributed by atoms with E-state index >= 15 is 0 Å². The van der Waals surface area contributed by atoms with Gasteiger partial charge in [-0.05, 0) is 70.0 Å². The summed E-state index contributed by atoms with van der Waals surface area (Å²) in [4.78, 5) is 47.4. The van der Waals surface area contributed by atoms with Gasteiger partial charge >= 0.3 is 11.7 Å². The number of nitrogens with two attached hydrogens (primary N) is 2. The molecule has 212 valence electrons. The van der Waals surface area contributed by atoms with E-state index in [2.05, 4.69) is 22.1 Å². The lowest BCUT2D eigenvalue weighted by Gasteiger charge is -2.37. The molecular formula is C27H40N8O4. The first kappa shape index (κ1) is 28.7. The van der Waals surface area contributed by atoms with E-state index in [9.17, 15) is 19.5 Å². The molecule has 2 fully saturated rings. The molecule has 12 nitrogen and oxygen atoms in total. The first-order chi connectivity index (χ1) is 18.5. The second-order valence-corrected chi connectivity index (χ2v) is 11.2. The van der Waals surface area contributed by atoms with Gasteiger partial charge in [0.25, 0.3) is 0 Å². The minimum atomic E-state index is -1.35. The topological polar surface area (TPSA) is 163 Å². The van der Waals surface area contributed by atoms with Gasteiger partial charge in [-0.3, -0.25) is 14.7 Å². The molecule has 1 atom stereocenters. The van der Waals surface area contributed by atoms with E-state index in [0.717, 1.165) is 38.9 Å². The third kappa shape index (κ3) is 7.21. The number of likely N-dealkylation sites (tertiary alicyclic amines) is 1. The van der Waals surface area contributed by atoms with Crippen molar-refractivity contribution < 1.29 is 14.7 Å². The van der Waals surface area contributed by atoms with Crippen LogP contribution in [0, 0.1) is 0 Å². The van der Waals surface area contributed by atoms with Crippen molar-refractivity contribution in [3.63, 3.8) is 0 Å². The van der Waals surface area contributed by atoms with Gasteiger partial charge in [0, 0.05) is 44.5 Å². The molecule has 0 bridgehead atoms. The maximum atomic E-state index is 12.7. The van der Waals surface area contributed by atoms with Gasteiger partial charge in [0.2, 0.25) is 5.91 Å². The third-order valence-corrected chi connectivity index (χ3v) is 7.64. The third-order valence-electron chi connectivity index (χ3n) is 7.64. The predicted octanol–water partition coefficient (Wildman–Crippen LogP) is -0.0260. The smallest absolute Gasteiger partial charge is 0.354 e. The van der Waals surface area contributed by atoms with Crippen LogP contribution in [0.2, 0.25) is 0 Å². The maximum absolute atomic E-state index is 12.7. The summed E-state index contributed by atoms with van der Waals surface area (Å²) in [5.74, 6) is -0.202. The molecule has 2 aromatic rings. The number of hydrogen-bond donors (Lipinski definition) is 4. The van der Waals surface area contributed by atoms with E-state index in [1.54, 1.807) is 17.2 Å². The monoisotopic (exact) mass is 540 g/mol. The molecule has 4 rings (SSSR count). The number of carbonyl (C=O) groups is 2. The molecule has 1 aromatic heterocycles. The first-order valence-corrected chi connectivity index (χ1v) is 13.4. The Morgan fingerprint density at radius 2 is 1.67 bits per heavy atom. The SMILES string of the molecule is CC1(N)CCN(CCc2ccc(-n3ccc(NC(=O)N4CCN(C(=O)C(C)(N)CO)CC4)nc3=O)cc2)CC1. The Morgan fingerprint density at radius 3 is 2.26 bits per heavy atom. The molecular weight excluding hydrogens is 500 g/mol. The zero-order valence-electron chi connectivity index (χ0n) is 22.8. The second-order valence-electron chi connectivity index (χ2n) is 11.2. The van der Waals surface area contributed by atoms with Gasteiger partial charge in [-0.25, -0.2) is 9.59 Å². The van der Waals surface area contributed by atoms with Crippen molar-refractivity contribution in [2.75, 3.05) is 57.7 Å². The van der Waals surface area contributed by atoms with Crippen LogP contribution in [-0.4, -0.2) is 105 Å². The number of aliphatic hydroxyl groups excluding tert-OH is 1. The molecule has 3 amide bonds. The molecule has 3 heterocycles. The number of piperazine rings is 1. The van der Waals surface area contributed by atoms with Crippen LogP contribution in [0.1, 0.15) is 32.3 Å². The van der Waals surface area contributed by atoms with Crippen molar-refractivity contribution >= 4 is 17.8 Å². The fourth-order valence-electron chi connectivity index (χ4n) is 4.80. The van der Waals surface area contributed by atoms with Gasteiger partial charge in [-0.15, -0.1) is 0 Å². The Morgan fingerprint density at radius 1 is 1.05 bits per heavy atom. The van der Waals surface area contributed by atoms with Crippen molar-refractivity contribution in [3.8, 4) is 5.69 Å². The summed E-state index contributed by atoms with van der Waals surface area (Å²) in [7, 11) is 0. The molecule has 0 saturated carbocycles. The van der Waals surface area contributed by atoms with Crippen LogP contribution in [0.3, 0.4) is 0 Å². The summed E-state index contributed by atoms with van der Waals surface area (Å²) in [5, 5.41) is 12.0. The van der Waals surface area contributed by atoms with Crippen LogP contribution >= 0.6 is 0 Å². The molecule has 12 heteroatoms. The maximum Gasteiger partial charge on any atom is 0.354 e. The number of piperidine rings is 1. The van der Waals surface area contributed by atoms with Gasteiger partial charge < -0.3 is 31.3 Å². The van der Waals surface area contributed by atoms with Crippen molar-refractivity contribution in [2.24, 2.45) is 11.5 Å². The Kier molecular flexibility index (Phi) is 8.70. The van der Waals surface area contributed by atoms with E-state index in [0.29, 0.717) is 31.9 Å². The number of nitrogens with zero attached hydrogens (tertiary/aromatic N) is 5. The summed E-state index contributed by atoms with van der Waals surface area (Å²) >= 11 is 0. The van der Waals surface area contributed by atoms with Crippen molar-refractivity contribution in [3.05, 3.63) is 52.6 Å². The quantitative estimate of drug-likeness (QED) is 0.381. The summed E-state index contributed by atoms with van der Waals surface area (Å²) < 4.78 is 1.43. The Labute approximate surface area is 228 Å². The van der Waals surface area contributed by atoms with Crippen LogP contribution in [0.25, 0.3) is 5.69 Å². The first-order valence-electron chi connectivity index (χ1n) is 13.4. The van der Waals surface area contributed by atoms with Gasteiger partial charge in [0.1, 0.15) is 11.4 Å². The van der Waals surface area contributed by atoms with Gasteiger partial charge in [0.15, 0.2) is 0 Å². The number of urea groups is 1. The van der Waals surface area contributed by atoms with Crippen LogP contribution < -0.4 is 22.5 Å². The van der Waals surface area contributed by atoms with Crippen molar-refractivity contribution in [1.82, 2.24) is 24.3 Å². The van der Waals surface area contributed by atoms with E-state index < -0.39 is 23.9 Å². The Hall–Kier alpha value is -3.32. The van der Waals surface area contributed by atoms with Gasteiger partial charge in [-0.1, -0.05) is 12.1 Å². The molecule has 39 heavy (non-hydrogen) atoms. The summed E-state index contributed by atoms with van der Waals surface area (Å²) in [5.41, 5.74) is 12.0. The lowest BCUT2D eigenvalue weighted by Crippen LogP contribution is -2.60. The lowest BCUT2D eigenvalue weighted by atomic mass is 9.91. The molecule has 2 saturated heterocycles. The predicted molar refractivity (Wildman–Crippen MR) is 149 cm³/mol. The molecule has 1 aromatic carbocycles. The number of carbonyl (C=O) groups excluding carboxylic acids is 2. The zero-order chi connectivity index (χ0) is 28.2. The molecule has 2 aliphatic heterocycles. The number of amides is 3. The van der Waals surface area contributed by atoms with Gasteiger partial charge in [0.05, 0.1) is 12.3 Å². The van der Waals surface area contributed by atoms with Crippen LogP contribution in [0.5, 0.6) is 0 Å². The lowest BCUT2D eigenvalue weighted by molar-refractivity contribution is -0.139. The number of hydrogen-bond acceptors (Lipinski definition) is 8. The summed E-state index contributed by atoms with van der Waals surface area (Å²) in [6.45, 7) is 7.35. The number of anilines is 1. The minimum Gasteiger partial charge on any atom is -0.394 e. The van der Waals surface area contributed by atoms with Crippen LogP contribution in [0.4, 0.5) is 10.6 Å². The van der Waals surface area contributed by atoms with E-state index in [-0.39, 0.29) is 17.3 Å². The fourth-order valence-corrected chi connectivity index (χ4v) is 4.80. The Bertz CT molecular complexity index is 1210. The number of nitrogens with one attached hydrogen (secondary N) is 1. The number of aliphatic hydroxyl groups is 1. The van der Waals surface area contributed by atoms with E-state index in [4.69, 9.17) is 11.5 Å². The van der Waals surface area contributed by atoms with Crippen molar-refractivity contribution in [1.29, 1.82) is 0 Å². The second kappa shape index (κ2) is 11.8. The highest BCUT2D eigenvalue weighted by molar-refractivity contribution is 5.89. The molecule has 2 aliphatic rings. The van der Waals surface area contributed by atoms with Gasteiger partial charge in [-0.2, -0.15) is 4.98 Å². The highest BCUT2D eigenvalue weighted by Gasteiger charge is 2.34. The molecule has 0 spiro atoms. The number of benzene rings is 1. The summed E-state index contributed by atoms with van der Waals surface area (Å²) in [6.07, 6.45) is 4.53. The number of rotatable bonds is 7. The highest BCUT2D eigenvalue weighted by atomic mass is 16.3. The van der Waals surface area contributed by atoms with E-state index in [1.165, 1.54) is 22.0 Å². The normalized spacial score (nSPS) is 19.4. The van der Waals surface area contributed by atoms with Crippen LogP contribution in [-0.2, 0) is 11.2 Å². The molecule has 1 unspecified atom stereocenters. The molecule has 6 N–H and O–H groups in total. The van der Waals surface area contributed by atoms with Crippen molar-refractivity contribution in [2.45, 2.75) is 44.2 Å². The number of aromatic nitrogens is 2. The van der Waals surface area contributed by atoms with E-state index in [1.807, 2.05) is 24.3 Å². The average molecular weight is 541 g/mol. The summed E-state index contributed by atoms with van der Waals surface area (Å²) in [6, 6.07) is 9.01. The largest absolute Gasteiger partial charge is 0.394 e. The van der Waals surface area contributed by atoms with Crippen LogP contribution in [0.15, 0.2) is 41.3 Å². The molecule has 0 aliphatic carbocycles.